The number of aromatic nitrogens is 4. The summed E-state index contributed by atoms with van der Waals surface area (Å²) in [5.74, 6) is 0.540. The summed E-state index contributed by atoms with van der Waals surface area (Å²) in [6, 6.07) is 9.71. The second kappa shape index (κ2) is 10.7. The van der Waals surface area contributed by atoms with Gasteiger partial charge < -0.3 is 10.8 Å². The molecule has 36 heavy (non-hydrogen) atoms. The Morgan fingerprint density at radius 3 is 2.69 bits per heavy atom. The Balaban J connectivity index is 1.62. The van der Waals surface area contributed by atoms with Crippen molar-refractivity contribution in [2.24, 2.45) is 0 Å². The Kier molecular flexibility index (Phi) is 7.62. The van der Waals surface area contributed by atoms with Gasteiger partial charge in [0, 0.05) is 45.6 Å². The van der Waals surface area contributed by atoms with Crippen LogP contribution >= 0.6 is 34.7 Å². The van der Waals surface area contributed by atoms with Crippen molar-refractivity contribution in [2.45, 2.75) is 43.2 Å². The molecule has 3 N–H and O–H groups in total. The fourth-order valence-corrected chi connectivity index (χ4v) is 5.36. The summed E-state index contributed by atoms with van der Waals surface area (Å²) < 4.78 is 1.68. The number of halogens is 1. The molecule has 0 aliphatic carbocycles. The lowest BCUT2D eigenvalue weighted by Gasteiger charge is -2.16. The second-order valence-corrected chi connectivity index (χ2v) is 10.9. The molecule has 3 aromatic heterocycles. The average Bonchev–Trinajstić information content (AvgIpc) is 3.51. The third-order valence-corrected chi connectivity index (χ3v) is 7.46. The monoisotopic (exact) mass is 535 g/mol. The molecule has 1 aromatic carbocycles. The van der Waals surface area contributed by atoms with Gasteiger partial charge in [-0.3, -0.25) is 4.68 Å². The standard InChI is InChI=1S/C25H22ClN7OS2/c1-25(2,34)8-9-33-12-16(11-30-33)20-19(10-27)24(32-22(28)21(20)29-3)36-14-18-13-35-23(31-18)15-4-6-17(26)7-5-15/h4-7,11-13,34H,8-9,14H2,1-2H3,(H2,28,32). The number of nitrogen functional groups attached to an aromatic ring is 1. The highest BCUT2D eigenvalue weighted by atomic mass is 35.5. The maximum absolute atomic E-state index is 10.0. The van der Waals surface area contributed by atoms with Crippen molar-refractivity contribution < 1.29 is 5.11 Å². The number of thioether (sulfide) groups is 1. The Bertz CT molecular complexity index is 1470. The molecule has 0 saturated heterocycles. The lowest BCUT2D eigenvalue weighted by Crippen LogP contribution is -2.21. The van der Waals surface area contributed by atoms with E-state index in [0.717, 1.165) is 16.3 Å². The van der Waals surface area contributed by atoms with Gasteiger partial charge in [0.05, 0.1) is 29.6 Å². The van der Waals surface area contributed by atoms with Crippen LogP contribution in [0.1, 0.15) is 31.5 Å². The Morgan fingerprint density at radius 1 is 1.28 bits per heavy atom. The van der Waals surface area contributed by atoms with Crippen LogP contribution in [0, 0.1) is 17.9 Å². The normalized spacial score (nSPS) is 11.3. The predicted molar refractivity (Wildman–Crippen MR) is 144 cm³/mol. The molecule has 4 rings (SSSR count). The van der Waals surface area contributed by atoms with Gasteiger partial charge in [-0.1, -0.05) is 35.5 Å². The van der Waals surface area contributed by atoms with E-state index in [1.54, 1.807) is 30.9 Å². The molecular formula is C25H22ClN7OS2. The minimum absolute atomic E-state index is 0.0610. The van der Waals surface area contributed by atoms with E-state index in [9.17, 15) is 10.4 Å². The van der Waals surface area contributed by atoms with E-state index >= 15 is 0 Å². The van der Waals surface area contributed by atoms with Crippen LogP contribution in [0.15, 0.2) is 47.1 Å². The number of anilines is 1. The molecule has 8 nitrogen and oxygen atoms in total. The Labute approximate surface area is 222 Å². The van der Waals surface area contributed by atoms with Crippen molar-refractivity contribution in [3.05, 3.63) is 69.7 Å². The summed E-state index contributed by atoms with van der Waals surface area (Å²) in [4.78, 5) is 12.6. The van der Waals surface area contributed by atoms with Gasteiger partial charge in [-0.15, -0.1) is 11.3 Å². The first-order valence-corrected chi connectivity index (χ1v) is 13.1. The van der Waals surface area contributed by atoms with Crippen molar-refractivity contribution in [1.82, 2.24) is 19.7 Å². The molecule has 0 aliphatic rings. The van der Waals surface area contributed by atoms with E-state index < -0.39 is 5.60 Å². The fraction of sp³-hybridized carbons (Fsp3) is 0.240. The quantitative estimate of drug-likeness (QED) is 0.204. The number of nitrogens with zero attached hydrogens (tertiary/aromatic N) is 6. The van der Waals surface area contributed by atoms with Crippen LogP contribution in [0.5, 0.6) is 0 Å². The molecule has 0 amide bonds. The van der Waals surface area contributed by atoms with E-state index in [1.807, 2.05) is 29.6 Å². The van der Waals surface area contributed by atoms with Gasteiger partial charge in [-0.2, -0.15) is 10.4 Å². The van der Waals surface area contributed by atoms with Gasteiger partial charge in [0.2, 0.25) is 5.69 Å². The molecule has 0 unspecified atom stereocenters. The number of aryl methyl sites for hydroxylation is 1. The first kappa shape index (κ1) is 25.7. The highest BCUT2D eigenvalue weighted by molar-refractivity contribution is 7.98. The van der Waals surface area contributed by atoms with Crippen molar-refractivity contribution in [2.75, 3.05) is 5.73 Å². The number of benzene rings is 1. The van der Waals surface area contributed by atoms with E-state index in [2.05, 4.69) is 21.0 Å². The lowest BCUT2D eigenvalue weighted by atomic mass is 10.0. The number of rotatable bonds is 8. The molecule has 182 valence electrons. The summed E-state index contributed by atoms with van der Waals surface area (Å²) >= 11 is 8.85. The molecule has 0 spiro atoms. The maximum Gasteiger partial charge on any atom is 0.237 e. The molecule has 11 heteroatoms. The van der Waals surface area contributed by atoms with Crippen molar-refractivity contribution >= 4 is 46.2 Å². The molecule has 0 bridgehead atoms. The van der Waals surface area contributed by atoms with Gasteiger partial charge in [0.1, 0.15) is 21.9 Å². The highest BCUT2D eigenvalue weighted by Gasteiger charge is 2.22. The molecule has 4 aromatic rings. The highest BCUT2D eigenvalue weighted by Crippen LogP contribution is 2.41. The second-order valence-electron chi connectivity index (χ2n) is 8.62. The molecule has 0 saturated carbocycles. The topological polar surface area (TPSA) is 118 Å². The van der Waals surface area contributed by atoms with Crippen LogP contribution in [0.4, 0.5) is 11.5 Å². The zero-order valence-electron chi connectivity index (χ0n) is 19.6. The van der Waals surface area contributed by atoms with Gasteiger partial charge in [-0.05, 0) is 32.4 Å². The molecule has 3 heterocycles. The largest absolute Gasteiger partial charge is 0.392 e. The predicted octanol–water partition coefficient (Wildman–Crippen LogP) is 6.18. The van der Waals surface area contributed by atoms with Crippen molar-refractivity contribution in [1.29, 1.82) is 5.26 Å². The number of thiazole rings is 1. The molecule has 0 atom stereocenters. The van der Waals surface area contributed by atoms with Gasteiger partial charge in [0.25, 0.3) is 0 Å². The summed E-state index contributed by atoms with van der Waals surface area (Å²) in [5, 5.41) is 28.3. The minimum Gasteiger partial charge on any atom is -0.392 e. The SMILES string of the molecule is [C-]#[N+]c1c(N)nc(SCc2csc(-c3ccc(Cl)cc3)n2)c(C#N)c1-c1cnn(CCC(C)(C)O)c1. The van der Waals surface area contributed by atoms with E-state index in [0.29, 0.717) is 39.9 Å². The number of hydrogen-bond acceptors (Lipinski definition) is 8. The Hall–Kier alpha value is -3.41. The third kappa shape index (κ3) is 5.86. The van der Waals surface area contributed by atoms with Gasteiger partial charge >= 0.3 is 0 Å². The zero-order chi connectivity index (χ0) is 25.9. The van der Waals surface area contributed by atoms with Crippen LogP contribution in [-0.2, 0) is 12.3 Å². The summed E-state index contributed by atoms with van der Waals surface area (Å²) in [6.45, 7) is 11.6. The molecule has 0 fully saturated rings. The van der Waals surface area contributed by atoms with Crippen molar-refractivity contribution in [3.8, 4) is 27.8 Å². The average molecular weight is 536 g/mol. The molecule has 0 aliphatic heterocycles. The van der Waals surface area contributed by atoms with E-state index in [1.165, 1.54) is 23.1 Å². The summed E-state index contributed by atoms with van der Waals surface area (Å²) in [7, 11) is 0. The fourth-order valence-electron chi connectivity index (χ4n) is 3.42. The molecule has 0 radical (unpaired) electrons. The first-order chi connectivity index (χ1) is 17.2. The number of hydrogen-bond donors (Lipinski definition) is 2. The van der Waals surface area contributed by atoms with Crippen LogP contribution in [0.3, 0.4) is 0 Å². The number of nitrogens with two attached hydrogens (primary N) is 1. The van der Waals surface area contributed by atoms with Gasteiger partial charge in [0.15, 0.2) is 0 Å². The zero-order valence-corrected chi connectivity index (χ0v) is 22.0. The van der Waals surface area contributed by atoms with Crippen molar-refractivity contribution in [3.63, 3.8) is 0 Å². The van der Waals surface area contributed by atoms with Crippen LogP contribution in [0.2, 0.25) is 5.02 Å². The van der Waals surface area contributed by atoms with Crippen LogP contribution in [0.25, 0.3) is 26.5 Å². The maximum atomic E-state index is 10.0. The van der Waals surface area contributed by atoms with E-state index in [4.69, 9.17) is 28.9 Å². The number of nitriles is 1. The number of aliphatic hydroxyl groups is 1. The minimum atomic E-state index is -0.834. The number of pyridine rings is 1. The Morgan fingerprint density at radius 2 is 2.03 bits per heavy atom. The third-order valence-electron chi connectivity index (χ3n) is 5.26. The first-order valence-electron chi connectivity index (χ1n) is 10.9. The summed E-state index contributed by atoms with van der Waals surface area (Å²) in [6.07, 6.45) is 3.85. The van der Waals surface area contributed by atoms with E-state index in [-0.39, 0.29) is 17.1 Å². The van der Waals surface area contributed by atoms with Crippen LogP contribution in [-0.4, -0.2) is 30.5 Å². The van der Waals surface area contributed by atoms with Crippen LogP contribution < -0.4 is 5.73 Å². The van der Waals surface area contributed by atoms with Gasteiger partial charge in [-0.25, -0.2) is 14.8 Å². The lowest BCUT2D eigenvalue weighted by molar-refractivity contribution is 0.0651. The summed E-state index contributed by atoms with van der Waals surface area (Å²) in [5.41, 5.74) is 8.54. The smallest absolute Gasteiger partial charge is 0.237 e. The molecular weight excluding hydrogens is 514 g/mol.